The first kappa shape index (κ1) is 25.1. The number of nitrogens with one attached hydrogen (secondary N) is 3. The van der Waals surface area contributed by atoms with Crippen molar-refractivity contribution in [2.45, 2.75) is 18.2 Å². The zero-order chi connectivity index (χ0) is 24.6. The number of anilines is 2. The lowest BCUT2D eigenvalue weighted by Gasteiger charge is -2.12. The van der Waals surface area contributed by atoms with Gasteiger partial charge >= 0.3 is 0 Å². The Hall–Kier alpha value is -3.53. The van der Waals surface area contributed by atoms with E-state index < -0.39 is 10.0 Å². The molecule has 0 aliphatic heterocycles. The third kappa shape index (κ3) is 6.74. The van der Waals surface area contributed by atoms with Crippen molar-refractivity contribution in [2.24, 2.45) is 0 Å². The molecule has 0 aliphatic carbocycles. The fourth-order valence-corrected chi connectivity index (χ4v) is 4.18. The maximum Gasteiger partial charge on any atom is 0.255 e. The second-order valence-electron chi connectivity index (χ2n) is 7.57. The molecule has 34 heavy (non-hydrogen) atoms. The highest BCUT2D eigenvalue weighted by Gasteiger charge is 2.15. The van der Waals surface area contributed by atoms with E-state index in [0.29, 0.717) is 35.5 Å². The Bertz CT molecular complexity index is 1240. The summed E-state index contributed by atoms with van der Waals surface area (Å²) in [6.07, 6.45) is 0.564. The summed E-state index contributed by atoms with van der Waals surface area (Å²) in [5.41, 5.74) is 2.65. The van der Waals surface area contributed by atoms with Crippen LogP contribution in [0.15, 0.2) is 77.7 Å². The number of amides is 2. The van der Waals surface area contributed by atoms with Gasteiger partial charge in [0, 0.05) is 42.8 Å². The van der Waals surface area contributed by atoms with Crippen molar-refractivity contribution in [3.63, 3.8) is 0 Å². The van der Waals surface area contributed by atoms with E-state index in [-0.39, 0.29) is 23.3 Å². The number of ether oxygens (including phenoxy) is 1. The van der Waals surface area contributed by atoms with Crippen molar-refractivity contribution >= 4 is 33.2 Å². The molecule has 9 heteroatoms. The summed E-state index contributed by atoms with van der Waals surface area (Å²) in [5, 5.41) is 5.58. The van der Waals surface area contributed by atoms with Crippen LogP contribution in [0.3, 0.4) is 0 Å². The van der Waals surface area contributed by atoms with Crippen LogP contribution in [0.25, 0.3) is 0 Å². The van der Waals surface area contributed by atoms with Crippen LogP contribution in [-0.2, 0) is 14.8 Å². The van der Waals surface area contributed by atoms with Crippen molar-refractivity contribution in [3.05, 3.63) is 89.5 Å². The second kappa shape index (κ2) is 11.6. The zero-order valence-corrected chi connectivity index (χ0v) is 19.8. The smallest absolute Gasteiger partial charge is 0.255 e. The van der Waals surface area contributed by atoms with Gasteiger partial charge in [-0.3, -0.25) is 9.59 Å². The molecule has 2 amide bonds. The van der Waals surface area contributed by atoms with Gasteiger partial charge in [-0.1, -0.05) is 24.3 Å². The Morgan fingerprint density at radius 2 is 1.53 bits per heavy atom. The molecule has 0 radical (unpaired) electrons. The van der Waals surface area contributed by atoms with E-state index in [4.69, 9.17) is 4.74 Å². The Morgan fingerprint density at radius 1 is 0.853 bits per heavy atom. The molecule has 0 unspecified atom stereocenters. The summed E-state index contributed by atoms with van der Waals surface area (Å²) >= 11 is 0. The third-order valence-electron chi connectivity index (χ3n) is 5.02. The van der Waals surface area contributed by atoms with Crippen LogP contribution in [0.2, 0.25) is 0 Å². The van der Waals surface area contributed by atoms with Crippen LogP contribution >= 0.6 is 0 Å². The van der Waals surface area contributed by atoms with Gasteiger partial charge in [0.05, 0.1) is 4.90 Å². The SMILES string of the molecule is COCCCNS(=O)(=O)c1ccc(NC(=O)c2ccc(C)c(NC(=O)c3ccccc3)c2)cc1. The first-order valence-corrected chi connectivity index (χ1v) is 12.2. The molecule has 0 saturated heterocycles. The molecular formula is C25H27N3O5S. The maximum absolute atomic E-state index is 12.8. The van der Waals surface area contributed by atoms with E-state index in [2.05, 4.69) is 15.4 Å². The molecule has 0 heterocycles. The van der Waals surface area contributed by atoms with E-state index in [1.807, 2.05) is 13.0 Å². The van der Waals surface area contributed by atoms with Gasteiger partial charge in [-0.05, 0) is 67.4 Å². The van der Waals surface area contributed by atoms with Crippen molar-refractivity contribution in [1.82, 2.24) is 4.72 Å². The molecule has 0 spiro atoms. The molecule has 0 aromatic heterocycles. The number of benzene rings is 3. The van der Waals surface area contributed by atoms with Crippen LogP contribution in [0.5, 0.6) is 0 Å². The Morgan fingerprint density at radius 3 is 2.21 bits per heavy atom. The molecule has 3 aromatic carbocycles. The summed E-state index contributed by atoms with van der Waals surface area (Å²) in [6.45, 7) is 2.57. The van der Waals surface area contributed by atoms with Gasteiger partial charge in [-0.2, -0.15) is 0 Å². The lowest BCUT2D eigenvalue weighted by Crippen LogP contribution is -2.25. The number of hydrogen-bond donors (Lipinski definition) is 3. The molecule has 0 aliphatic rings. The number of aryl methyl sites for hydroxylation is 1. The van der Waals surface area contributed by atoms with Gasteiger partial charge in [0.25, 0.3) is 11.8 Å². The number of rotatable bonds is 10. The van der Waals surface area contributed by atoms with E-state index in [1.165, 1.54) is 24.3 Å². The molecule has 0 atom stereocenters. The van der Waals surface area contributed by atoms with Gasteiger partial charge in [-0.25, -0.2) is 13.1 Å². The van der Waals surface area contributed by atoms with E-state index >= 15 is 0 Å². The average Bonchev–Trinajstić information content (AvgIpc) is 2.84. The quantitative estimate of drug-likeness (QED) is 0.381. The molecule has 3 N–H and O–H groups in total. The highest BCUT2D eigenvalue weighted by Crippen LogP contribution is 2.20. The van der Waals surface area contributed by atoms with Crippen LogP contribution < -0.4 is 15.4 Å². The van der Waals surface area contributed by atoms with Crippen molar-refractivity contribution < 1.29 is 22.7 Å². The van der Waals surface area contributed by atoms with E-state index in [9.17, 15) is 18.0 Å². The Labute approximate surface area is 199 Å². The number of hydrogen-bond acceptors (Lipinski definition) is 5. The summed E-state index contributed by atoms with van der Waals surface area (Å²) in [7, 11) is -2.09. The summed E-state index contributed by atoms with van der Waals surface area (Å²) in [5.74, 6) is -0.655. The predicted molar refractivity (Wildman–Crippen MR) is 132 cm³/mol. The third-order valence-corrected chi connectivity index (χ3v) is 6.50. The van der Waals surface area contributed by atoms with Crippen molar-refractivity contribution in [1.29, 1.82) is 0 Å². The normalized spacial score (nSPS) is 11.1. The van der Waals surface area contributed by atoms with Crippen molar-refractivity contribution in [3.8, 4) is 0 Å². The lowest BCUT2D eigenvalue weighted by molar-refractivity contribution is 0.101. The lowest BCUT2D eigenvalue weighted by atomic mass is 10.1. The molecule has 8 nitrogen and oxygen atoms in total. The molecule has 0 saturated carbocycles. The topological polar surface area (TPSA) is 114 Å². The summed E-state index contributed by atoms with van der Waals surface area (Å²) in [6, 6.07) is 19.7. The minimum absolute atomic E-state index is 0.101. The van der Waals surface area contributed by atoms with Gasteiger partial charge in [-0.15, -0.1) is 0 Å². The zero-order valence-electron chi connectivity index (χ0n) is 19.0. The molecule has 3 rings (SSSR count). The van der Waals surface area contributed by atoms with E-state index in [1.54, 1.807) is 49.6 Å². The van der Waals surface area contributed by atoms with Gasteiger partial charge < -0.3 is 15.4 Å². The Balaban J connectivity index is 1.66. The first-order chi connectivity index (χ1) is 16.3. The van der Waals surface area contributed by atoms with E-state index in [0.717, 1.165) is 5.56 Å². The molecule has 0 bridgehead atoms. The largest absolute Gasteiger partial charge is 0.385 e. The maximum atomic E-state index is 12.8. The molecular weight excluding hydrogens is 454 g/mol. The number of carbonyl (C=O) groups excluding carboxylic acids is 2. The number of carbonyl (C=O) groups is 2. The van der Waals surface area contributed by atoms with Gasteiger partial charge in [0.2, 0.25) is 10.0 Å². The fourth-order valence-electron chi connectivity index (χ4n) is 3.11. The second-order valence-corrected chi connectivity index (χ2v) is 9.34. The number of methoxy groups -OCH3 is 1. The van der Waals surface area contributed by atoms with Crippen LogP contribution in [0.4, 0.5) is 11.4 Å². The van der Waals surface area contributed by atoms with Crippen molar-refractivity contribution in [2.75, 3.05) is 30.9 Å². The number of sulfonamides is 1. The Kier molecular flexibility index (Phi) is 8.53. The first-order valence-electron chi connectivity index (χ1n) is 10.7. The molecule has 3 aromatic rings. The van der Waals surface area contributed by atoms with Crippen LogP contribution in [0, 0.1) is 6.92 Å². The standard InChI is InChI=1S/C25H27N3O5S/c1-18-9-10-20(17-23(18)28-24(29)19-7-4-3-5-8-19)25(30)27-21-11-13-22(14-12-21)34(31,32)26-15-6-16-33-2/h3-5,7-14,17,26H,6,15-16H2,1-2H3,(H,27,30)(H,28,29). The van der Waals surface area contributed by atoms with Gasteiger partial charge in [0.15, 0.2) is 0 Å². The molecule has 0 fully saturated rings. The minimum atomic E-state index is -3.64. The highest BCUT2D eigenvalue weighted by molar-refractivity contribution is 7.89. The summed E-state index contributed by atoms with van der Waals surface area (Å²) in [4.78, 5) is 25.3. The minimum Gasteiger partial charge on any atom is -0.385 e. The molecule has 178 valence electrons. The van der Waals surface area contributed by atoms with Gasteiger partial charge in [0.1, 0.15) is 0 Å². The summed E-state index contributed by atoms with van der Waals surface area (Å²) < 4.78 is 32.1. The van der Waals surface area contributed by atoms with Crippen LogP contribution in [0.1, 0.15) is 32.7 Å². The van der Waals surface area contributed by atoms with Crippen LogP contribution in [-0.4, -0.2) is 40.5 Å². The fraction of sp³-hybridized carbons (Fsp3) is 0.200. The monoisotopic (exact) mass is 481 g/mol. The predicted octanol–water partition coefficient (Wildman–Crippen LogP) is 3.81. The average molecular weight is 482 g/mol. The highest BCUT2D eigenvalue weighted by atomic mass is 32.2.